The molecule has 0 saturated carbocycles. The van der Waals surface area contributed by atoms with Gasteiger partial charge in [0.2, 0.25) is 5.95 Å². The highest BCUT2D eigenvalue weighted by Gasteiger charge is 2.08. The molecule has 0 aliphatic rings. The molecule has 0 aromatic carbocycles. The van der Waals surface area contributed by atoms with Gasteiger partial charge in [-0.2, -0.15) is 24.7 Å². The Bertz CT molecular complexity index is 485. The number of nitrogens with one attached hydrogen (secondary N) is 1. The summed E-state index contributed by atoms with van der Waals surface area (Å²) in [6, 6.07) is 0.205. The van der Waals surface area contributed by atoms with Crippen molar-refractivity contribution in [1.29, 1.82) is 0 Å². The highest BCUT2D eigenvalue weighted by atomic mass is 16.5. The number of aromatic nitrogens is 6. The molecule has 0 radical (unpaired) electrons. The second-order valence-corrected chi connectivity index (χ2v) is 3.43. The number of hydrogen-bond acceptors (Lipinski definition) is 8. The van der Waals surface area contributed by atoms with Crippen molar-refractivity contribution in [1.82, 2.24) is 29.7 Å². The van der Waals surface area contributed by atoms with Gasteiger partial charge in [0.15, 0.2) is 0 Å². The number of nitrogens with two attached hydrogens (primary N) is 1. The van der Waals surface area contributed by atoms with Crippen molar-refractivity contribution < 1.29 is 4.74 Å². The highest BCUT2D eigenvalue weighted by Crippen LogP contribution is 2.09. The third-order valence-corrected chi connectivity index (χ3v) is 2.08. The standard InChI is InChI=1S/C9H14N8O/c1-2-3-4-18-9-14-7(16-10)13-8(15-9)17-6-11-5-12-17/h5-6H,2-4,10H2,1H3,(H,13,14,15,16). The molecule has 0 spiro atoms. The summed E-state index contributed by atoms with van der Waals surface area (Å²) < 4.78 is 6.81. The van der Waals surface area contributed by atoms with E-state index in [0.29, 0.717) is 12.6 Å². The predicted molar refractivity (Wildman–Crippen MR) is 63.0 cm³/mol. The molecular formula is C9H14N8O. The molecule has 3 N–H and O–H groups in total. The van der Waals surface area contributed by atoms with Crippen LogP contribution in [-0.4, -0.2) is 36.3 Å². The van der Waals surface area contributed by atoms with Crippen LogP contribution < -0.4 is 16.0 Å². The number of hydrazine groups is 1. The fourth-order valence-corrected chi connectivity index (χ4v) is 1.20. The van der Waals surface area contributed by atoms with Gasteiger partial charge in [0.05, 0.1) is 6.61 Å². The third kappa shape index (κ3) is 2.88. The second-order valence-electron chi connectivity index (χ2n) is 3.43. The first kappa shape index (κ1) is 12.2. The number of ether oxygens (including phenoxy) is 1. The summed E-state index contributed by atoms with van der Waals surface area (Å²) in [5, 5.41) is 3.93. The van der Waals surface area contributed by atoms with E-state index in [1.54, 1.807) is 0 Å². The van der Waals surface area contributed by atoms with E-state index < -0.39 is 0 Å². The van der Waals surface area contributed by atoms with E-state index >= 15 is 0 Å². The molecule has 18 heavy (non-hydrogen) atoms. The van der Waals surface area contributed by atoms with E-state index in [2.05, 4.69) is 37.4 Å². The maximum Gasteiger partial charge on any atom is 0.323 e. The average molecular weight is 250 g/mol. The molecule has 0 unspecified atom stereocenters. The number of unbranched alkanes of at least 4 members (excludes halogenated alkanes) is 1. The number of hydrogen-bond donors (Lipinski definition) is 2. The van der Waals surface area contributed by atoms with Gasteiger partial charge in [0.1, 0.15) is 12.7 Å². The molecule has 2 aromatic heterocycles. The van der Waals surface area contributed by atoms with Crippen molar-refractivity contribution in [2.45, 2.75) is 19.8 Å². The van der Waals surface area contributed by atoms with Crippen LogP contribution in [0.2, 0.25) is 0 Å². The van der Waals surface area contributed by atoms with Gasteiger partial charge in [-0.15, -0.1) is 0 Å². The van der Waals surface area contributed by atoms with Gasteiger partial charge in [0.25, 0.3) is 5.95 Å². The van der Waals surface area contributed by atoms with Gasteiger partial charge in [-0.25, -0.2) is 10.8 Å². The molecule has 2 heterocycles. The van der Waals surface area contributed by atoms with Gasteiger partial charge in [-0.3, -0.25) is 5.43 Å². The molecule has 0 saturated heterocycles. The Labute approximate surface area is 103 Å². The maximum atomic E-state index is 5.41. The molecule has 0 bridgehead atoms. The van der Waals surface area contributed by atoms with Crippen LogP contribution in [0.5, 0.6) is 6.01 Å². The summed E-state index contributed by atoms with van der Waals surface area (Å²) in [5.41, 5.74) is 2.36. The summed E-state index contributed by atoms with van der Waals surface area (Å²) in [4.78, 5) is 16.0. The Morgan fingerprint density at radius 3 is 2.94 bits per heavy atom. The van der Waals surface area contributed by atoms with Crippen LogP contribution in [0.15, 0.2) is 12.7 Å². The number of rotatable bonds is 6. The largest absolute Gasteiger partial charge is 0.463 e. The zero-order valence-electron chi connectivity index (χ0n) is 9.94. The number of anilines is 1. The van der Waals surface area contributed by atoms with Crippen molar-refractivity contribution in [3.8, 4) is 12.0 Å². The van der Waals surface area contributed by atoms with E-state index in [1.807, 2.05) is 0 Å². The molecule has 9 nitrogen and oxygen atoms in total. The minimum Gasteiger partial charge on any atom is -0.463 e. The Morgan fingerprint density at radius 1 is 1.39 bits per heavy atom. The smallest absolute Gasteiger partial charge is 0.323 e. The van der Waals surface area contributed by atoms with Crippen molar-refractivity contribution >= 4 is 5.95 Å². The maximum absolute atomic E-state index is 5.41. The Balaban J connectivity index is 2.22. The Morgan fingerprint density at radius 2 is 2.28 bits per heavy atom. The first-order valence-corrected chi connectivity index (χ1v) is 5.54. The summed E-state index contributed by atoms with van der Waals surface area (Å²) in [6.07, 6.45) is 4.82. The highest BCUT2D eigenvalue weighted by molar-refractivity contribution is 5.27. The SMILES string of the molecule is CCCCOc1nc(NN)nc(-n2cncn2)n1. The van der Waals surface area contributed by atoms with Crippen LogP contribution in [-0.2, 0) is 0 Å². The van der Waals surface area contributed by atoms with Crippen LogP contribution in [0.1, 0.15) is 19.8 Å². The predicted octanol–water partition coefficient (Wildman–Crippen LogP) is -0.0832. The molecule has 2 aromatic rings. The molecule has 0 fully saturated rings. The molecular weight excluding hydrogens is 236 g/mol. The number of nitrogens with zero attached hydrogens (tertiary/aromatic N) is 6. The fraction of sp³-hybridized carbons (Fsp3) is 0.444. The van der Waals surface area contributed by atoms with E-state index in [1.165, 1.54) is 17.3 Å². The van der Waals surface area contributed by atoms with Crippen LogP contribution in [0.4, 0.5) is 5.95 Å². The van der Waals surface area contributed by atoms with Gasteiger partial charge in [-0.05, 0) is 6.42 Å². The number of nitrogen functional groups attached to an aromatic ring is 1. The lowest BCUT2D eigenvalue weighted by Crippen LogP contribution is -2.15. The van der Waals surface area contributed by atoms with Crippen molar-refractivity contribution in [2.24, 2.45) is 5.84 Å². The first-order chi connectivity index (χ1) is 8.83. The lowest BCUT2D eigenvalue weighted by molar-refractivity contribution is 0.284. The normalized spacial score (nSPS) is 10.3. The quantitative estimate of drug-likeness (QED) is 0.415. The average Bonchev–Trinajstić information content (AvgIpc) is 2.92. The molecule has 0 aliphatic carbocycles. The zero-order chi connectivity index (χ0) is 12.8. The van der Waals surface area contributed by atoms with Gasteiger partial charge in [0, 0.05) is 0 Å². The lowest BCUT2D eigenvalue weighted by atomic mass is 10.4. The molecule has 2 rings (SSSR count). The van der Waals surface area contributed by atoms with E-state index in [9.17, 15) is 0 Å². The van der Waals surface area contributed by atoms with E-state index in [0.717, 1.165) is 12.8 Å². The van der Waals surface area contributed by atoms with Gasteiger partial charge in [-0.1, -0.05) is 13.3 Å². The van der Waals surface area contributed by atoms with Crippen molar-refractivity contribution in [3.05, 3.63) is 12.7 Å². The third-order valence-electron chi connectivity index (χ3n) is 2.08. The van der Waals surface area contributed by atoms with Crippen LogP contribution in [0.3, 0.4) is 0 Å². The van der Waals surface area contributed by atoms with Gasteiger partial charge < -0.3 is 4.74 Å². The van der Waals surface area contributed by atoms with Gasteiger partial charge >= 0.3 is 6.01 Å². The van der Waals surface area contributed by atoms with Crippen LogP contribution >= 0.6 is 0 Å². The minimum atomic E-state index is 0.205. The Kier molecular flexibility index (Phi) is 3.97. The molecule has 0 aliphatic heterocycles. The molecule has 0 amide bonds. The lowest BCUT2D eigenvalue weighted by Gasteiger charge is -2.06. The first-order valence-electron chi connectivity index (χ1n) is 5.54. The molecule has 0 atom stereocenters. The fourth-order valence-electron chi connectivity index (χ4n) is 1.20. The van der Waals surface area contributed by atoms with Crippen molar-refractivity contribution in [3.63, 3.8) is 0 Å². The molecule has 96 valence electrons. The topological polar surface area (TPSA) is 117 Å². The van der Waals surface area contributed by atoms with E-state index in [-0.39, 0.29) is 12.0 Å². The second kappa shape index (κ2) is 5.87. The van der Waals surface area contributed by atoms with Crippen LogP contribution in [0.25, 0.3) is 5.95 Å². The Hall–Kier alpha value is -2.29. The monoisotopic (exact) mass is 250 g/mol. The zero-order valence-corrected chi connectivity index (χ0v) is 9.94. The van der Waals surface area contributed by atoms with E-state index in [4.69, 9.17) is 10.6 Å². The summed E-state index contributed by atoms with van der Waals surface area (Å²) in [6.45, 7) is 2.62. The summed E-state index contributed by atoms with van der Waals surface area (Å²) in [7, 11) is 0. The summed E-state index contributed by atoms with van der Waals surface area (Å²) in [5.74, 6) is 5.80. The molecule has 9 heteroatoms. The van der Waals surface area contributed by atoms with Crippen molar-refractivity contribution in [2.75, 3.05) is 12.0 Å². The minimum absolute atomic E-state index is 0.205. The summed E-state index contributed by atoms with van der Waals surface area (Å²) >= 11 is 0. The van der Waals surface area contributed by atoms with Crippen LogP contribution in [0, 0.1) is 0 Å².